The van der Waals surface area contributed by atoms with E-state index in [1.165, 1.54) is 18.5 Å². The number of ether oxygens (including phenoxy) is 1. The molecule has 92 valence electrons. The molecule has 0 fully saturated rings. The number of carboxylic acids is 1. The number of hydrogen-bond donors (Lipinski definition) is 1. The van der Waals surface area contributed by atoms with Gasteiger partial charge in [-0.15, -0.1) is 0 Å². The summed E-state index contributed by atoms with van der Waals surface area (Å²) in [4.78, 5) is 14.6. The average molecular weight is 308 g/mol. The fraction of sp³-hybridized carbons (Fsp3) is 0.0769. The van der Waals surface area contributed by atoms with E-state index in [0.717, 1.165) is 10.0 Å². The molecule has 1 aromatic carbocycles. The molecule has 0 amide bonds. The number of carbonyl (C=O) groups is 1. The number of aromatic carboxylic acids is 1. The molecule has 0 radical (unpaired) electrons. The van der Waals surface area contributed by atoms with E-state index in [-0.39, 0.29) is 5.56 Å². The molecule has 1 heterocycles. The Morgan fingerprint density at radius 1 is 1.33 bits per heavy atom. The van der Waals surface area contributed by atoms with E-state index in [4.69, 9.17) is 9.84 Å². The van der Waals surface area contributed by atoms with Crippen LogP contribution in [-0.4, -0.2) is 16.1 Å². The third-order valence-corrected chi connectivity index (χ3v) is 2.75. The van der Waals surface area contributed by atoms with Gasteiger partial charge in [-0.1, -0.05) is 28.1 Å². The van der Waals surface area contributed by atoms with Crippen molar-refractivity contribution in [2.75, 3.05) is 0 Å². The van der Waals surface area contributed by atoms with E-state index in [1.807, 2.05) is 24.3 Å². The largest absolute Gasteiger partial charge is 0.487 e. The molecule has 18 heavy (non-hydrogen) atoms. The second-order valence-corrected chi connectivity index (χ2v) is 4.55. The zero-order valence-electron chi connectivity index (χ0n) is 9.34. The van der Waals surface area contributed by atoms with Crippen LogP contribution in [0.3, 0.4) is 0 Å². The highest BCUT2D eigenvalue weighted by Gasteiger charge is 2.05. The monoisotopic (exact) mass is 307 g/mol. The van der Waals surface area contributed by atoms with Gasteiger partial charge in [0.05, 0.1) is 11.8 Å². The summed E-state index contributed by atoms with van der Waals surface area (Å²) < 4.78 is 6.46. The molecular weight excluding hydrogens is 298 g/mol. The number of rotatable bonds is 4. The molecule has 1 N–H and O–H groups in total. The lowest BCUT2D eigenvalue weighted by Gasteiger charge is -2.06. The lowest BCUT2D eigenvalue weighted by molar-refractivity contribution is 0.0696. The first-order chi connectivity index (χ1) is 8.65. The highest BCUT2D eigenvalue weighted by Crippen LogP contribution is 2.16. The molecule has 2 aromatic rings. The van der Waals surface area contributed by atoms with Crippen LogP contribution in [0.25, 0.3) is 0 Å². The summed E-state index contributed by atoms with van der Waals surface area (Å²) in [7, 11) is 0. The minimum Gasteiger partial charge on any atom is -0.487 e. The number of hydrogen-bond acceptors (Lipinski definition) is 3. The van der Waals surface area contributed by atoms with Gasteiger partial charge in [-0.3, -0.25) is 4.98 Å². The molecule has 0 saturated heterocycles. The van der Waals surface area contributed by atoms with Crippen molar-refractivity contribution in [1.29, 1.82) is 0 Å². The molecule has 0 unspecified atom stereocenters. The molecule has 0 bridgehead atoms. The molecule has 0 atom stereocenters. The fourth-order valence-corrected chi connectivity index (χ4v) is 1.85. The minimum atomic E-state index is -1.02. The molecule has 1 aromatic heterocycles. The van der Waals surface area contributed by atoms with Crippen LogP contribution in [0.15, 0.2) is 47.2 Å². The van der Waals surface area contributed by atoms with E-state index >= 15 is 0 Å². The van der Waals surface area contributed by atoms with E-state index in [9.17, 15) is 4.79 Å². The summed E-state index contributed by atoms with van der Waals surface area (Å²) in [5.74, 6) is -0.578. The molecule has 0 aliphatic heterocycles. The maximum absolute atomic E-state index is 10.8. The molecular formula is C13H10BrNO3. The smallest absolute Gasteiger partial charge is 0.337 e. The van der Waals surface area contributed by atoms with Gasteiger partial charge in [0.2, 0.25) is 0 Å². The van der Waals surface area contributed by atoms with Gasteiger partial charge in [0.25, 0.3) is 0 Å². The maximum atomic E-state index is 10.8. The minimum absolute atomic E-state index is 0.113. The summed E-state index contributed by atoms with van der Waals surface area (Å²) in [5, 5.41) is 8.83. The lowest BCUT2D eigenvalue weighted by atomic mass is 10.2. The SMILES string of the molecule is O=C(O)c1cncc(OCc2cccc(Br)c2)c1. The first kappa shape index (κ1) is 12.6. The van der Waals surface area contributed by atoms with Crippen molar-refractivity contribution in [3.63, 3.8) is 0 Å². The molecule has 2 rings (SSSR count). The third-order valence-electron chi connectivity index (χ3n) is 2.25. The Bertz CT molecular complexity index is 572. The molecule has 0 aliphatic rings. The Morgan fingerprint density at radius 2 is 2.17 bits per heavy atom. The summed E-state index contributed by atoms with van der Waals surface area (Å²) in [5.41, 5.74) is 1.10. The predicted molar refractivity (Wildman–Crippen MR) is 69.7 cm³/mol. The summed E-state index contributed by atoms with van der Waals surface area (Å²) >= 11 is 3.37. The van der Waals surface area contributed by atoms with Crippen LogP contribution in [0.2, 0.25) is 0 Å². The zero-order chi connectivity index (χ0) is 13.0. The number of aromatic nitrogens is 1. The standard InChI is InChI=1S/C13H10BrNO3/c14-11-3-1-2-9(4-11)8-18-12-5-10(13(16)17)6-15-7-12/h1-7H,8H2,(H,16,17). The predicted octanol–water partition coefficient (Wildman–Crippen LogP) is 3.12. The van der Waals surface area contributed by atoms with Crippen molar-refractivity contribution >= 4 is 21.9 Å². The van der Waals surface area contributed by atoms with E-state index in [2.05, 4.69) is 20.9 Å². The quantitative estimate of drug-likeness (QED) is 0.943. The van der Waals surface area contributed by atoms with Crippen LogP contribution in [0.5, 0.6) is 5.75 Å². The summed E-state index contributed by atoms with van der Waals surface area (Å²) in [6.45, 7) is 0.365. The Hall–Kier alpha value is -1.88. The maximum Gasteiger partial charge on any atom is 0.337 e. The molecule has 5 heteroatoms. The highest BCUT2D eigenvalue weighted by atomic mass is 79.9. The van der Waals surface area contributed by atoms with Gasteiger partial charge in [-0.05, 0) is 23.8 Å². The number of pyridine rings is 1. The first-order valence-electron chi connectivity index (χ1n) is 5.21. The topological polar surface area (TPSA) is 59.4 Å². The van der Waals surface area contributed by atoms with Crippen LogP contribution in [0, 0.1) is 0 Å². The Morgan fingerprint density at radius 3 is 2.89 bits per heavy atom. The van der Waals surface area contributed by atoms with Gasteiger partial charge >= 0.3 is 5.97 Å². The van der Waals surface area contributed by atoms with Crippen LogP contribution >= 0.6 is 15.9 Å². The fourth-order valence-electron chi connectivity index (χ4n) is 1.41. The third kappa shape index (κ3) is 3.30. The number of carboxylic acid groups (broad SMARTS) is 1. The molecule has 0 saturated carbocycles. The van der Waals surface area contributed by atoms with Crippen molar-refractivity contribution in [3.8, 4) is 5.75 Å². The van der Waals surface area contributed by atoms with Crippen molar-refractivity contribution in [3.05, 3.63) is 58.3 Å². The van der Waals surface area contributed by atoms with Gasteiger partial charge in [-0.2, -0.15) is 0 Å². The van der Waals surface area contributed by atoms with Crippen LogP contribution in [0.4, 0.5) is 0 Å². The lowest BCUT2D eigenvalue weighted by Crippen LogP contribution is -2.00. The number of nitrogens with zero attached hydrogens (tertiary/aromatic N) is 1. The summed E-state index contributed by atoms with van der Waals surface area (Å²) in [6.07, 6.45) is 2.78. The van der Waals surface area contributed by atoms with Crippen molar-refractivity contribution in [1.82, 2.24) is 4.98 Å². The van der Waals surface area contributed by atoms with Crippen LogP contribution in [-0.2, 0) is 6.61 Å². The average Bonchev–Trinajstić information content (AvgIpc) is 2.37. The molecule has 0 spiro atoms. The van der Waals surface area contributed by atoms with Crippen molar-refractivity contribution < 1.29 is 14.6 Å². The Kier molecular flexibility index (Phi) is 3.94. The first-order valence-corrected chi connectivity index (χ1v) is 6.00. The van der Waals surface area contributed by atoms with E-state index in [0.29, 0.717) is 12.4 Å². The summed E-state index contributed by atoms with van der Waals surface area (Å²) in [6, 6.07) is 9.16. The van der Waals surface area contributed by atoms with Gasteiger partial charge in [0, 0.05) is 10.7 Å². The van der Waals surface area contributed by atoms with Gasteiger partial charge in [0.1, 0.15) is 12.4 Å². The van der Waals surface area contributed by atoms with Crippen LogP contribution < -0.4 is 4.74 Å². The van der Waals surface area contributed by atoms with Gasteiger partial charge in [-0.25, -0.2) is 4.79 Å². The number of halogens is 1. The second-order valence-electron chi connectivity index (χ2n) is 3.63. The highest BCUT2D eigenvalue weighted by molar-refractivity contribution is 9.10. The van der Waals surface area contributed by atoms with Crippen molar-refractivity contribution in [2.24, 2.45) is 0 Å². The van der Waals surface area contributed by atoms with Gasteiger partial charge in [0.15, 0.2) is 0 Å². The Balaban J connectivity index is 2.06. The van der Waals surface area contributed by atoms with Crippen molar-refractivity contribution in [2.45, 2.75) is 6.61 Å². The molecule has 4 nitrogen and oxygen atoms in total. The Labute approximate surface area is 112 Å². The van der Waals surface area contributed by atoms with E-state index < -0.39 is 5.97 Å². The zero-order valence-corrected chi connectivity index (χ0v) is 10.9. The normalized spacial score (nSPS) is 10.1. The molecule has 0 aliphatic carbocycles. The second kappa shape index (κ2) is 5.64. The number of benzene rings is 1. The van der Waals surface area contributed by atoms with Gasteiger partial charge < -0.3 is 9.84 Å². The van der Waals surface area contributed by atoms with Crippen LogP contribution in [0.1, 0.15) is 15.9 Å². The van der Waals surface area contributed by atoms with E-state index in [1.54, 1.807) is 0 Å².